The molecular weight excluding hydrogens is 460 g/mol. The number of benzene rings is 2. The number of ether oxygens (including phenoxy) is 2. The van der Waals surface area contributed by atoms with Gasteiger partial charge in [0.2, 0.25) is 6.79 Å². The van der Waals surface area contributed by atoms with E-state index < -0.39 is 32.1 Å². The van der Waals surface area contributed by atoms with Crippen LogP contribution < -0.4 is 9.47 Å². The van der Waals surface area contributed by atoms with Gasteiger partial charge < -0.3 is 9.47 Å². The number of nitro benzene ring substituents is 1. The van der Waals surface area contributed by atoms with Gasteiger partial charge in [-0.1, -0.05) is 30.4 Å². The fraction of sp³-hybridized carbons (Fsp3) is 0.292. The number of aldehydes is 1. The normalized spacial score (nSPS) is 24.9. The highest BCUT2D eigenvalue weighted by Crippen LogP contribution is 2.53. The molecule has 2 aromatic rings. The first kappa shape index (κ1) is 22.3. The van der Waals surface area contributed by atoms with Gasteiger partial charge in [-0.3, -0.25) is 14.9 Å². The summed E-state index contributed by atoms with van der Waals surface area (Å²) in [6.45, 7) is 1.91. The summed E-state index contributed by atoms with van der Waals surface area (Å²) < 4.78 is 40.0. The Balaban J connectivity index is 1.72. The van der Waals surface area contributed by atoms with E-state index in [2.05, 4.69) is 0 Å². The molecule has 5 rings (SSSR count). The van der Waals surface area contributed by atoms with Gasteiger partial charge in [0.05, 0.1) is 10.3 Å². The Kier molecular flexibility index (Phi) is 5.29. The Morgan fingerprint density at radius 2 is 1.94 bits per heavy atom. The number of fused-ring (bicyclic) bond motifs is 2. The summed E-state index contributed by atoms with van der Waals surface area (Å²) in [4.78, 5) is 22.7. The molecule has 2 heterocycles. The molecule has 10 heteroatoms. The number of nitrogens with zero attached hydrogens (tertiary/aromatic N) is 2. The Hall–Kier alpha value is -3.50. The van der Waals surface area contributed by atoms with E-state index >= 15 is 0 Å². The molecule has 9 nitrogen and oxygen atoms in total. The lowest BCUT2D eigenvalue weighted by atomic mass is 9.66. The van der Waals surface area contributed by atoms with E-state index in [9.17, 15) is 23.3 Å². The average Bonchev–Trinajstić information content (AvgIpc) is 3.45. The van der Waals surface area contributed by atoms with Crippen LogP contribution in [-0.2, 0) is 15.4 Å². The van der Waals surface area contributed by atoms with E-state index in [0.29, 0.717) is 35.5 Å². The van der Waals surface area contributed by atoms with Gasteiger partial charge in [-0.25, -0.2) is 8.42 Å². The van der Waals surface area contributed by atoms with Crippen LogP contribution in [0.15, 0.2) is 65.1 Å². The van der Waals surface area contributed by atoms with Crippen LogP contribution in [0.3, 0.4) is 0 Å². The van der Waals surface area contributed by atoms with Crippen molar-refractivity contribution < 1.29 is 27.6 Å². The lowest BCUT2D eigenvalue weighted by molar-refractivity contribution is -0.387. The Bertz CT molecular complexity index is 1370. The van der Waals surface area contributed by atoms with Crippen molar-refractivity contribution in [3.63, 3.8) is 0 Å². The second kappa shape index (κ2) is 8.07. The second-order valence-corrected chi connectivity index (χ2v) is 10.2. The summed E-state index contributed by atoms with van der Waals surface area (Å²) in [6.07, 6.45) is 7.65. The van der Waals surface area contributed by atoms with E-state index in [0.717, 1.165) is 11.9 Å². The minimum atomic E-state index is -4.23. The van der Waals surface area contributed by atoms with Crippen LogP contribution in [0.1, 0.15) is 35.7 Å². The number of carbonyl (C=O) groups excluding carboxylic acids is 1. The zero-order valence-corrected chi connectivity index (χ0v) is 19.2. The molecule has 1 fully saturated rings. The van der Waals surface area contributed by atoms with Crippen LogP contribution in [0.4, 0.5) is 5.69 Å². The van der Waals surface area contributed by atoms with E-state index in [1.807, 2.05) is 25.2 Å². The number of nitro groups is 1. The fourth-order valence-electron chi connectivity index (χ4n) is 5.35. The van der Waals surface area contributed by atoms with Crippen molar-refractivity contribution in [1.82, 2.24) is 4.31 Å². The number of carbonyl (C=O) groups is 1. The molecule has 0 unspecified atom stereocenters. The minimum absolute atomic E-state index is 0.0397. The van der Waals surface area contributed by atoms with E-state index in [1.165, 1.54) is 28.6 Å². The third kappa shape index (κ3) is 3.09. The first-order chi connectivity index (χ1) is 16.3. The molecule has 2 aliphatic heterocycles. The predicted molar refractivity (Wildman–Crippen MR) is 123 cm³/mol. The van der Waals surface area contributed by atoms with Crippen LogP contribution in [0.2, 0.25) is 0 Å². The predicted octanol–water partition coefficient (Wildman–Crippen LogP) is 3.74. The van der Waals surface area contributed by atoms with Gasteiger partial charge in [-0.05, 0) is 49.1 Å². The molecule has 0 aromatic heterocycles. The van der Waals surface area contributed by atoms with Crippen LogP contribution in [0.5, 0.6) is 11.5 Å². The van der Waals surface area contributed by atoms with Crippen molar-refractivity contribution in [2.24, 2.45) is 0 Å². The highest BCUT2D eigenvalue weighted by atomic mass is 32.2. The minimum Gasteiger partial charge on any atom is -0.454 e. The highest BCUT2D eigenvalue weighted by molar-refractivity contribution is 7.89. The number of hydrogen-bond donors (Lipinski definition) is 0. The lowest BCUT2D eigenvalue weighted by Crippen LogP contribution is -2.46. The summed E-state index contributed by atoms with van der Waals surface area (Å²) >= 11 is 0. The van der Waals surface area contributed by atoms with Crippen LogP contribution in [-0.4, -0.2) is 43.3 Å². The van der Waals surface area contributed by atoms with Gasteiger partial charge in [0.15, 0.2) is 22.7 Å². The molecule has 0 spiro atoms. The molecule has 34 heavy (non-hydrogen) atoms. The zero-order valence-electron chi connectivity index (χ0n) is 18.3. The van der Waals surface area contributed by atoms with Crippen molar-refractivity contribution in [2.75, 3.05) is 13.3 Å². The number of para-hydroxylation sites is 1. The molecule has 0 bridgehead atoms. The molecule has 0 saturated carbocycles. The standard InChI is InChI=1S/C24H22N2O7S/c1-2-17-13-25(34(30,31)22-8-4-3-7-19(22)26(28)29)23-9-5-6-10-24(17,23)18-12-21-20(32-15-33-21)11-16(18)14-27/h2-4,6-8,10-12,14,23H,5,9,13,15H2,1H3/b17-2+/t23-,24-/m0/s1. The van der Waals surface area contributed by atoms with E-state index in [4.69, 9.17) is 9.47 Å². The summed E-state index contributed by atoms with van der Waals surface area (Å²) in [5.74, 6) is 0.950. The average molecular weight is 483 g/mol. The molecular formula is C24H22N2O7S. The monoisotopic (exact) mass is 482 g/mol. The van der Waals surface area contributed by atoms with Gasteiger partial charge in [0.1, 0.15) is 0 Å². The first-order valence-electron chi connectivity index (χ1n) is 10.8. The summed E-state index contributed by atoms with van der Waals surface area (Å²) in [5.41, 5.74) is 0.412. The van der Waals surface area contributed by atoms with Crippen molar-refractivity contribution in [1.29, 1.82) is 0 Å². The van der Waals surface area contributed by atoms with Gasteiger partial charge in [-0.15, -0.1) is 0 Å². The smallest absolute Gasteiger partial charge is 0.289 e. The molecule has 1 saturated heterocycles. The lowest BCUT2D eigenvalue weighted by Gasteiger charge is -2.39. The van der Waals surface area contributed by atoms with Gasteiger partial charge in [-0.2, -0.15) is 4.31 Å². The van der Waals surface area contributed by atoms with E-state index in [-0.39, 0.29) is 18.2 Å². The van der Waals surface area contributed by atoms with Crippen molar-refractivity contribution >= 4 is 22.0 Å². The molecule has 3 aliphatic rings. The maximum absolute atomic E-state index is 13.8. The molecule has 2 atom stereocenters. The maximum Gasteiger partial charge on any atom is 0.289 e. The Morgan fingerprint density at radius 3 is 2.65 bits per heavy atom. The summed E-state index contributed by atoms with van der Waals surface area (Å²) in [5, 5.41) is 11.6. The fourth-order valence-corrected chi connectivity index (χ4v) is 7.18. The molecule has 0 radical (unpaired) electrons. The number of hydrogen-bond acceptors (Lipinski definition) is 7. The molecule has 2 aromatic carbocycles. The van der Waals surface area contributed by atoms with Crippen LogP contribution in [0, 0.1) is 10.1 Å². The summed E-state index contributed by atoms with van der Waals surface area (Å²) in [6, 6.07) is 8.16. The largest absolute Gasteiger partial charge is 0.454 e. The summed E-state index contributed by atoms with van der Waals surface area (Å²) in [7, 11) is -4.23. The molecule has 0 amide bonds. The van der Waals surface area contributed by atoms with E-state index in [1.54, 1.807) is 12.1 Å². The second-order valence-electron chi connectivity index (χ2n) is 8.36. The van der Waals surface area contributed by atoms with Crippen LogP contribution >= 0.6 is 0 Å². The first-order valence-corrected chi connectivity index (χ1v) is 12.3. The third-order valence-corrected chi connectivity index (χ3v) is 8.73. The van der Waals surface area contributed by atoms with Crippen molar-refractivity contribution in [3.05, 3.63) is 81.4 Å². The highest BCUT2D eigenvalue weighted by Gasteiger charge is 2.56. The topological polar surface area (TPSA) is 116 Å². The molecule has 1 aliphatic carbocycles. The van der Waals surface area contributed by atoms with Gasteiger partial charge >= 0.3 is 0 Å². The van der Waals surface area contributed by atoms with Gasteiger partial charge in [0, 0.05) is 24.2 Å². The third-order valence-electron chi connectivity index (χ3n) is 6.83. The molecule has 0 N–H and O–H groups in total. The van der Waals surface area contributed by atoms with Gasteiger partial charge in [0.25, 0.3) is 15.7 Å². The Morgan fingerprint density at radius 1 is 1.21 bits per heavy atom. The quantitative estimate of drug-likeness (QED) is 0.276. The van der Waals surface area contributed by atoms with Crippen LogP contribution in [0.25, 0.3) is 0 Å². The Labute approximate surface area is 196 Å². The van der Waals surface area contributed by atoms with Crippen molar-refractivity contribution in [2.45, 2.75) is 36.1 Å². The SMILES string of the molecule is C/C=C1\CN(S(=O)(=O)c2ccccc2[N+](=O)[O-])[C@H]2CCC=C[C@@]12c1cc2c(cc1C=O)OCO2. The molecule has 176 valence electrons. The van der Waals surface area contributed by atoms with Crippen molar-refractivity contribution in [3.8, 4) is 11.5 Å². The number of sulfonamides is 1. The zero-order chi connectivity index (χ0) is 24.1. The number of rotatable bonds is 5. The maximum atomic E-state index is 13.8. The number of allylic oxidation sites excluding steroid dienone is 2.